The lowest BCUT2D eigenvalue weighted by atomic mass is 9.77. The normalized spacial score (nSPS) is 12.7. The summed E-state index contributed by atoms with van der Waals surface area (Å²) in [5.74, 6) is 1.02. The molecule has 0 aliphatic heterocycles. The molecule has 0 fully saturated rings. The Hall–Kier alpha value is -3.13. The number of aryl methyl sites for hydroxylation is 1. The Kier molecular flexibility index (Phi) is 7.99. The zero-order valence-electron chi connectivity index (χ0n) is 25.9. The van der Waals surface area contributed by atoms with E-state index < -0.39 is 0 Å². The van der Waals surface area contributed by atoms with Gasteiger partial charge in [-0.2, -0.15) is 0 Å². The van der Waals surface area contributed by atoms with Crippen LogP contribution in [0, 0.1) is 6.92 Å². The minimum Gasteiger partial charge on any atom is -0.296 e. The molecule has 0 N–H and O–H groups in total. The van der Waals surface area contributed by atoms with Crippen LogP contribution in [0.1, 0.15) is 104 Å². The van der Waals surface area contributed by atoms with Crippen LogP contribution >= 0.6 is 0 Å². The number of benzene rings is 3. The molecule has 0 saturated heterocycles. The van der Waals surface area contributed by atoms with E-state index in [4.69, 9.17) is 4.98 Å². The highest BCUT2D eigenvalue weighted by atomic mass is 15.1. The number of rotatable bonds is 7. The number of hydrogen-bond acceptors (Lipinski definition) is 1. The van der Waals surface area contributed by atoms with Crippen molar-refractivity contribution < 1.29 is 0 Å². The van der Waals surface area contributed by atoms with E-state index in [0.717, 1.165) is 30.7 Å². The van der Waals surface area contributed by atoms with Gasteiger partial charge in [0.2, 0.25) is 0 Å². The fourth-order valence-electron chi connectivity index (χ4n) is 5.84. The van der Waals surface area contributed by atoms with E-state index >= 15 is 0 Å². The highest BCUT2D eigenvalue weighted by Gasteiger charge is 2.32. The van der Waals surface area contributed by atoms with Crippen LogP contribution in [-0.2, 0) is 16.2 Å². The van der Waals surface area contributed by atoms with E-state index in [1.54, 1.807) is 0 Å². The minimum atomic E-state index is 0.0841. The molecule has 0 bridgehead atoms. The summed E-state index contributed by atoms with van der Waals surface area (Å²) >= 11 is 0. The van der Waals surface area contributed by atoms with Gasteiger partial charge in [-0.25, -0.2) is 4.98 Å². The molecule has 39 heavy (non-hydrogen) atoms. The predicted molar refractivity (Wildman–Crippen MR) is 169 cm³/mol. The quantitative estimate of drug-likeness (QED) is 0.237. The van der Waals surface area contributed by atoms with Crippen molar-refractivity contribution in [1.29, 1.82) is 0 Å². The van der Waals surface area contributed by atoms with Gasteiger partial charge in [0.1, 0.15) is 5.82 Å². The summed E-state index contributed by atoms with van der Waals surface area (Å²) in [6, 6.07) is 24.9. The SMILES string of the molecule is CCC(CC)(CC)c1cnc(-c2cccc(-c3ccc(C(C)(C)C)cc3)c2)n1-c1ccc(C(C)(C)C)cc1C. The first-order valence-electron chi connectivity index (χ1n) is 14.8. The molecule has 0 atom stereocenters. The van der Waals surface area contributed by atoms with Crippen molar-refractivity contribution in [3.8, 4) is 28.2 Å². The molecular weight excluding hydrogens is 472 g/mol. The molecule has 2 nitrogen and oxygen atoms in total. The van der Waals surface area contributed by atoms with E-state index in [9.17, 15) is 0 Å². The van der Waals surface area contributed by atoms with Crippen LogP contribution in [0.4, 0.5) is 0 Å². The Morgan fingerprint density at radius 1 is 0.641 bits per heavy atom. The summed E-state index contributed by atoms with van der Waals surface area (Å²) in [7, 11) is 0. The molecule has 0 aliphatic rings. The molecule has 0 saturated carbocycles. The van der Waals surface area contributed by atoms with Gasteiger partial charge in [-0.3, -0.25) is 4.57 Å². The van der Waals surface area contributed by atoms with Crippen molar-refractivity contribution in [1.82, 2.24) is 9.55 Å². The van der Waals surface area contributed by atoms with Crippen LogP contribution in [0.2, 0.25) is 0 Å². The van der Waals surface area contributed by atoms with Crippen LogP contribution in [0.5, 0.6) is 0 Å². The lowest BCUT2D eigenvalue weighted by Gasteiger charge is -2.32. The monoisotopic (exact) mass is 520 g/mol. The van der Waals surface area contributed by atoms with Crippen LogP contribution < -0.4 is 0 Å². The fourth-order valence-corrected chi connectivity index (χ4v) is 5.84. The van der Waals surface area contributed by atoms with Gasteiger partial charge < -0.3 is 0 Å². The molecule has 1 heterocycles. The van der Waals surface area contributed by atoms with Gasteiger partial charge in [0.05, 0.1) is 5.69 Å². The van der Waals surface area contributed by atoms with Crippen molar-refractivity contribution in [2.75, 3.05) is 0 Å². The third-order valence-corrected chi connectivity index (χ3v) is 8.84. The van der Waals surface area contributed by atoms with E-state index in [2.05, 4.69) is 147 Å². The second kappa shape index (κ2) is 10.8. The molecule has 0 aliphatic carbocycles. The smallest absolute Gasteiger partial charge is 0.144 e. The molecular formula is C37H48N2. The van der Waals surface area contributed by atoms with Gasteiger partial charge in [0, 0.05) is 22.9 Å². The maximum atomic E-state index is 5.13. The van der Waals surface area contributed by atoms with E-state index in [0.29, 0.717) is 0 Å². The molecule has 4 aromatic rings. The van der Waals surface area contributed by atoms with Crippen LogP contribution in [-0.4, -0.2) is 9.55 Å². The Bertz CT molecular complexity index is 1410. The molecule has 3 aromatic carbocycles. The Morgan fingerprint density at radius 3 is 1.74 bits per heavy atom. The standard InChI is InChI=1S/C37H48N2/c1-11-37(12-2,13-3)33-25-38-34(39(33)32-22-21-31(23-26(32)4)36(8,9)10)29-16-14-15-28(24-29)27-17-19-30(20-18-27)35(5,6)7/h14-25H,11-13H2,1-10H3. The third kappa shape index (κ3) is 5.62. The zero-order valence-corrected chi connectivity index (χ0v) is 25.9. The third-order valence-electron chi connectivity index (χ3n) is 8.84. The van der Waals surface area contributed by atoms with Crippen LogP contribution in [0.3, 0.4) is 0 Å². The van der Waals surface area contributed by atoms with Crippen LogP contribution in [0.25, 0.3) is 28.2 Å². The van der Waals surface area contributed by atoms with Gasteiger partial charge in [0.25, 0.3) is 0 Å². The van der Waals surface area contributed by atoms with Crippen molar-refractivity contribution in [2.24, 2.45) is 0 Å². The van der Waals surface area contributed by atoms with Crippen molar-refractivity contribution in [2.45, 2.75) is 105 Å². The van der Waals surface area contributed by atoms with Crippen molar-refractivity contribution in [3.63, 3.8) is 0 Å². The number of aromatic nitrogens is 2. The molecule has 1 aromatic heterocycles. The number of hydrogen-bond donors (Lipinski definition) is 0. The number of nitrogens with zero attached hydrogens (tertiary/aromatic N) is 2. The highest BCUT2D eigenvalue weighted by Crippen LogP contribution is 2.40. The van der Waals surface area contributed by atoms with Crippen LogP contribution in [0.15, 0.2) is 72.9 Å². The summed E-state index contributed by atoms with van der Waals surface area (Å²) in [4.78, 5) is 5.13. The van der Waals surface area contributed by atoms with Gasteiger partial charge in [-0.1, -0.05) is 117 Å². The Morgan fingerprint density at radius 2 is 1.21 bits per heavy atom. The molecule has 0 unspecified atom stereocenters. The molecule has 0 amide bonds. The van der Waals surface area contributed by atoms with E-state index in [1.165, 1.54) is 39.2 Å². The first-order chi connectivity index (χ1) is 18.3. The average molecular weight is 521 g/mol. The molecule has 2 heteroatoms. The van der Waals surface area contributed by atoms with Gasteiger partial charge in [-0.05, 0) is 77.0 Å². The molecule has 0 spiro atoms. The predicted octanol–water partition coefficient (Wildman–Crippen LogP) is 10.6. The van der Waals surface area contributed by atoms with Crippen molar-refractivity contribution in [3.05, 3.63) is 95.3 Å². The number of imidazole rings is 1. The van der Waals surface area contributed by atoms with Gasteiger partial charge in [0.15, 0.2) is 0 Å². The maximum absolute atomic E-state index is 5.13. The van der Waals surface area contributed by atoms with E-state index in [-0.39, 0.29) is 16.2 Å². The molecule has 4 rings (SSSR count). The zero-order chi connectivity index (χ0) is 28.6. The summed E-state index contributed by atoms with van der Waals surface area (Å²) in [5.41, 5.74) is 10.5. The van der Waals surface area contributed by atoms with E-state index in [1.807, 2.05) is 0 Å². The summed E-state index contributed by atoms with van der Waals surface area (Å²) < 4.78 is 2.46. The first-order valence-corrected chi connectivity index (χ1v) is 14.8. The largest absolute Gasteiger partial charge is 0.296 e. The lowest BCUT2D eigenvalue weighted by Crippen LogP contribution is -2.27. The first kappa shape index (κ1) is 28.9. The lowest BCUT2D eigenvalue weighted by molar-refractivity contribution is 0.366. The van der Waals surface area contributed by atoms with Gasteiger partial charge >= 0.3 is 0 Å². The average Bonchev–Trinajstić information content (AvgIpc) is 3.34. The highest BCUT2D eigenvalue weighted by molar-refractivity contribution is 5.72. The summed E-state index contributed by atoms with van der Waals surface area (Å²) in [5, 5.41) is 0. The topological polar surface area (TPSA) is 17.8 Å². The summed E-state index contributed by atoms with van der Waals surface area (Å²) in [6.45, 7) is 22.8. The maximum Gasteiger partial charge on any atom is 0.144 e. The van der Waals surface area contributed by atoms with Gasteiger partial charge in [-0.15, -0.1) is 0 Å². The summed E-state index contributed by atoms with van der Waals surface area (Å²) in [6.07, 6.45) is 5.41. The molecule has 0 radical (unpaired) electrons. The Balaban J connectivity index is 1.90. The second-order valence-corrected chi connectivity index (χ2v) is 13.3. The Labute approximate surface area is 237 Å². The fraction of sp³-hybridized carbons (Fsp3) is 0.432. The van der Waals surface area contributed by atoms with Crippen molar-refractivity contribution >= 4 is 0 Å². The second-order valence-electron chi connectivity index (χ2n) is 13.3. The molecule has 206 valence electrons. The minimum absolute atomic E-state index is 0.0841.